The van der Waals surface area contributed by atoms with Crippen molar-refractivity contribution in [1.29, 1.82) is 0 Å². The van der Waals surface area contributed by atoms with Crippen LogP contribution in [-0.2, 0) is 18.9 Å². The molecule has 0 aliphatic carbocycles. The molecule has 3 heterocycles. The van der Waals surface area contributed by atoms with E-state index in [1.165, 1.54) is 4.57 Å². The number of nitrogens with zero attached hydrogens (tertiary/aromatic N) is 2. The first-order chi connectivity index (χ1) is 10.5. The molecule has 1 unspecified atom stereocenters. The normalized spacial score (nSPS) is 34.0. The van der Waals surface area contributed by atoms with Gasteiger partial charge in [-0.2, -0.15) is 4.98 Å². The fourth-order valence-corrected chi connectivity index (χ4v) is 3.32. The number of rotatable bonds is 4. The molecule has 1 aromatic heterocycles. The number of hydrogen-bond acceptors (Lipinski definition) is 7. The second kappa shape index (κ2) is 5.62. The predicted molar refractivity (Wildman–Crippen MR) is 77.5 cm³/mol. The molecule has 2 aliphatic heterocycles. The number of methoxy groups -OCH3 is 2. The summed E-state index contributed by atoms with van der Waals surface area (Å²) in [5.41, 5.74) is 5.30. The van der Waals surface area contributed by atoms with E-state index < -0.39 is 23.6 Å². The molecule has 2 fully saturated rings. The molecule has 0 spiro atoms. The molecule has 8 nitrogen and oxygen atoms in total. The van der Waals surface area contributed by atoms with Gasteiger partial charge in [-0.15, -0.1) is 0 Å². The molecular formula is C14H21N3O5. The van der Waals surface area contributed by atoms with Gasteiger partial charge >= 0.3 is 5.69 Å². The molecule has 2 saturated heterocycles. The van der Waals surface area contributed by atoms with Gasteiger partial charge in [-0.05, 0) is 6.92 Å². The van der Waals surface area contributed by atoms with E-state index in [1.807, 2.05) is 0 Å². The van der Waals surface area contributed by atoms with Crippen molar-refractivity contribution in [3.05, 3.63) is 22.2 Å². The van der Waals surface area contributed by atoms with Gasteiger partial charge in [0.05, 0.1) is 13.2 Å². The maximum absolute atomic E-state index is 12.2. The minimum atomic E-state index is -0.619. The van der Waals surface area contributed by atoms with Gasteiger partial charge in [0.2, 0.25) is 0 Å². The maximum Gasteiger partial charge on any atom is 0.351 e. The lowest BCUT2D eigenvalue weighted by molar-refractivity contribution is -0.159. The van der Waals surface area contributed by atoms with Crippen LogP contribution in [0, 0.1) is 6.92 Å². The van der Waals surface area contributed by atoms with E-state index in [4.69, 9.17) is 24.7 Å². The van der Waals surface area contributed by atoms with Crippen molar-refractivity contribution in [3.8, 4) is 0 Å². The largest absolute Gasteiger partial charge is 0.383 e. The molecule has 2 N–H and O–H groups in total. The first kappa shape index (κ1) is 15.4. The van der Waals surface area contributed by atoms with Crippen LogP contribution >= 0.6 is 0 Å². The molecule has 0 amide bonds. The summed E-state index contributed by atoms with van der Waals surface area (Å²) in [5, 5.41) is 0. The molecular weight excluding hydrogens is 290 g/mol. The zero-order chi connectivity index (χ0) is 15.9. The number of nitrogen functional groups attached to an aromatic ring is 1. The van der Waals surface area contributed by atoms with E-state index in [0.29, 0.717) is 25.2 Å². The monoisotopic (exact) mass is 311 g/mol. The quantitative estimate of drug-likeness (QED) is 0.826. The van der Waals surface area contributed by atoms with Gasteiger partial charge in [-0.1, -0.05) is 0 Å². The Morgan fingerprint density at radius 3 is 3.00 bits per heavy atom. The van der Waals surface area contributed by atoms with Crippen LogP contribution in [0.2, 0.25) is 0 Å². The number of anilines is 1. The number of ether oxygens (including phenoxy) is 4. The summed E-state index contributed by atoms with van der Waals surface area (Å²) in [4.78, 5) is 16.0. The molecule has 4 atom stereocenters. The van der Waals surface area contributed by atoms with Crippen molar-refractivity contribution in [2.24, 2.45) is 0 Å². The smallest absolute Gasteiger partial charge is 0.351 e. The van der Waals surface area contributed by atoms with Crippen LogP contribution in [0.15, 0.2) is 11.0 Å². The average molecular weight is 311 g/mol. The molecule has 0 saturated carbocycles. The molecule has 1 aromatic rings. The standard InChI is InChI=1S/C14H21N3O5/c1-8-6-17(13(18)16-11(8)15)12-9-10(20-3)14(22-12,7-19-2)4-5-21-9/h6,9-10,12H,4-5,7H2,1-3H3,(H2,15,16,18)/t9-,10?,12+,14+/m0/s1. The second-order valence-corrected chi connectivity index (χ2v) is 5.75. The van der Waals surface area contributed by atoms with E-state index in [0.717, 1.165) is 0 Å². The molecule has 8 heteroatoms. The highest BCUT2D eigenvalue weighted by molar-refractivity contribution is 5.35. The third-order valence-electron chi connectivity index (χ3n) is 4.38. The van der Waals surface area contributed by atoms with E-state index in [1.54, 1.807) is 27.3 Å². The topological polar surface area (TPSA) is 97.8 Å². The van der Waals surface area contributed by atoms with Gasteiger partial charge in [-0.25, -0.2) is 4.79 Å². The Hall–Kier alpha value is -1.48. The SMILES string of the molecule is COC[C@]12CCO[C@@H](C1OC)[C@H](n1cc(C)c(N)nc1=O)O2. The Kier molecular flexibility index (Phi) is 3.94. The Balaban J connectivity index is 2.02. The lowest BCUT2D eigenvalue weighted by Gasteiger charge is -2.37. The highest BCUT2D eigenvalue weighted by atomic mass is 16.6. The molecule has 2 bridgehead atoms. The van der Waals surface area contributed by atoms with Crippen molar-refractivity contribution in [3.63, 3.8) is 0 Å². The molecule has 22 heavy (non-hydrogen) atoms. The first-order valence-electron chi connectivity index (χ1n) is 7.19. The van der Waals surface area contributed by atoms with Gasteiger partial charge in [0.1, 0.15) is 23.6 Å². The van der Waals surface area contributed by atoms with E-state index in [2.05, 4.69) is 4.98 Å². The van der Waals surface area contributed by atoms with E-state index >= 15 is 0 Å². The number of nitrogens with two attached hydrogens (primary N) is 1. The van der Waals surface area contributed by atoms with Gasteiger partial charge < -0.3 is 24.7 Å². The Bertz CT molecular complexity index is 615. The second-order valence-electron chi connectivity index (χ2n) is 5.75. The third kappa shape index (κ3) is 2.23. The summed E-state index contributed by atoms with van der Waals surface area (Å²) in [6.45, 7) is 2.69. The number of hydrogen-bond donors (Lipinski definition) is 1. The molecule has 2 aliphatic rings. The first-order valence-corrected chi connectivity index (χ1v) is 7.19. The van der Waals surface area contributed by atoms with Crippen LogP contribution in [0.3, 0.4) is 0 Å². The van der Waals surface area contributed by atoms with Crippen LogP contribution in [0.4, 0.5) is 5.82 Å². The van der Waals surface area contributed by atoms with Crippen molar-refractivity contribution in [1.82, 2.24) is 9.55 Å². The van der Waals surface area contributed by atoms with Gasteiger partial charge in [0.15, 0.2) is 6.23 Å². The van der Waals surface area contributed by atoms with E-state index in [-0.39, 0.29) is 11.9 Å². The number of aromatic nitrogens is 2. The zero-order valence-electron chi connectivity index (χ0n) is 12.9. The average Bonchev–Trinajstić information content (AvgIpc) is 2.65. The summed E-state index contributed by atoms with van der Waals surface area (Å²) in [6, 6.07) is 0. The molecule has 0 aromatic carbocycles. The zero-order valence-corrected chi connectivity index (χ0v) is 12.9. The fourth-order valence-electron chi connectivity index (χ4n) is 3.32. The van der Waals surface area contributed by atoms with Crippen molar-refractivity contribution in [2.45, 2.75) is 37.4 Å². The summed E-state index contributed by atoms with van der Waals surface area (Å²) in [7, 11) is 3.22. The predicted octanol–water partition coefficient (Wildman–Crippen LogP) is -0.148. The molecule has 122 valence electrons. The molecule has 0 radical (unpaired) electrons. The molecule has 3 rings (SSSR count). The lowest BCUT2D eigenvalue weighted by Crippen LogP contribution is -2.52. The van der Waals surface area contributed by atoms with E-state index in [9.17, 15) is 4.79 Å². The number of fused-ring (bicyclic) bond motifs is 2. The number of aryl methyl sites for hydroxylation is 1. The van der Waals surface area contributed by atoms with Crippen molar-refractivity contribution in [2.75, 3.05) is 33.2 Å². The summed E-state index contributed by atoms with van der Waals surface area (Å²) >= 11 is 0. The Morgan fingerprint density at radius 1 is 1.55 bits per heavy atom. The van der Waals surface area contributed by atoms with Crippen LogP contribution in [0.1, 0.15) is 18.2 Å². The van der Waals surface area contributed by atoms with Crippen molar-refractivity contribution < 1.29 is 18.9 Å². The lowest BCUT2D eigenvalue weighted by atomic mass is 9.90. The Morgan fingerprint density at radius 2 is 2.32 bits per heavy atom. The summed E-state index contributed by atoms with van der Waals surface area (Å²) in [6.07, 6.45) is 0.976. The fraction of sp³-hybridized carbons (Fsp3) is 0.714. The van der Waals surface area contributed by atoms with Crippen LogP contribution in [0.25, 0.3) is 0 Å². The van der Waals surface area contributed by atoms with Crippen LogP contribution in [0.5, 0.6) is 0 Å². The highest BCUT2D eigenvalue weighted by Crippen LogP contribution is 2.45. The Labute approximate surface area is 128 Å². The minimum absolute atomic E-state index is 0.220. The maximum atomic E-state index is 12.2. The third-order valence-corrected chi connectivity index (χ3v) is 4.38. The van der Waals surface area contributed by atoms with Crippen LogP contribution in [-0.4, -0.2) is 54.8 Å². The van der Waals surface area contributed by atoms with Gasteiger partial charge in [0.25, 0.3) is 0 Å². The van der Waals surface area contributed by atoms with Gasteiger partial charge in [0, 0.05) is 32.4 Å². The van der Waals surface area contributed by atoms with Crippen LogP contribution < -0.4 is 11.4 Å². The summed E-state index contributed by atoms with van der Waals surface area (Å²) in [5.74, 6) is 0.220. The summed E-state index contributed by atoms with van der Waals surface area (Å²) < 4.78 is 24.3. The van der Waals surface area contributed by atoms with Gasteiger partial charge in [-0.3, -0.25) is 4.57 Å². The minimum Gasteiger partial charge on any atom is -0.383 e. The van der Waals surface area contributed by atoms with Crippen molar-refractivity contribution >= 4 is 5.82 Å². The highest BCUT2D eigenvalue weighted by Gasteiger charge is 2.59.